The van der Waals surface area contributed by atoms with Crippen molar-refractivity contribution in [3.05, 3.63) is 63.1 Å². The molecule has 1 N–H and O–H groups in total. The highest BCUT2D eigenvalue weighted by molar-refractivity contribution is 6.32. The number of rotatable bonds is 8. The van der Waals surface area contributed by atoms with E-state index in [1.165, 1.54) is 4.90 Å². The predicted octanol–water partition coefficient (Wildman–Crippen LogP) is 4.54. The summed E-state index contributed by atoms with van der Waals surface area (Å²) in [6.07, 6.45) is 0.467. The van der Waals surface area contributed by atoms with E-state index in [-0.39, 0.29) is 25.0 Å². The third-order valence-corrected chi connectivity index (χ3v) is 5.67. The largest absolute Gasteiger partial charge is 0.484 e. The first-order chi connectivity index (χ1) is 13.8. The summed E-state index contributed by atoms with van der Waals surface area (Å²) in [6, 6.07) is 10.2. The number of amides is 2. The Morgan fingerprint density at radius 1 is 1.14 bits per heavy atom. The van der Waals surface area contributed by atoms with E-state index in [4.69, 9.17) is 27.9 Å². The van der Waals surface area contributed by atoms with Crippen LogP contribution >= 0.6 is 23.2 Å². The van der Waals surface area contributed by atoms with Crippen LogP contribution in [0.5, 0.6) is 5.75 Å². The van der Waals surface area contributed by atoms with Gasteiger partial charge in [0.25, 0.3) is 5.91 Å². The fraction of sp³-hybridized carbons (Fsp3) is 0.364. The molecule has 0 unspecified atom stereocenters. The molecule has 2 aromatic carbocycles. The molecular formula is C22H26Cl2N2O3. The lowest BCUT2D eigenvalue weighted by molar-refractivity contribution is -0.142. The zero-order valence-corrected chi connectivity index (χ0v) is 18.6. The number of carbonyl (C=O) groups excluding carboxylic acids is 2. The third kappa shape index (κ3) is 5.87. The first-order valence-corrected chi connectivity index (χ1v) is 10.2. The van der Waals surface area contributed by atoms with Crippen LogP contribution in [-0.4, -0.2) is 36.4 Å². The molecule has 0 bridgehead atoms. The molecule has 0 heterocycles. The molecule has 2 rings (SSSR count). The summed E-state index contributed by atoms with van der Waals surface area (Å²) in [5.74, 6) is 0.0279. The molecule has 0 radical (unpaired) electrons. The Morgan fingerprint density at radius 2 is 1.76 bits per heavy atom. The molecule has 0 aliphatic carbocycles. The summed E-state index contributed by atoms with van der Waals surface area (Å²) in [6.45, 7) is 5.64. The van der Waals surface area contributed by atoms with E-state index in [2.05, 4.69) is 5.32 Å². The molecule has 0 aliphatic heterocycles. The van der Waals surface area contributed by atoms with Crippen molar-refractivity contribution in [2.45, 2.75) is 39.8 Å². The molecule has 0 spiro atoms. The minimum Gasteiger partial charge on any atom is -0.484 e. The summed E-state index contributed by atoms with van der Waals surface area (Å²) < 4.78 is 5.73. The lowest BCUT2D eigenvalue weighted by Gasteiger charge is -2.30. The topological polar surface area (TPSA) is 58.6 Å². The average molecular weight is 437 g/mol. The van der Waals surface area contributed by atoms with E-state index in [0.717, 1.165) is 16.7 Å². The first-order valence-electron chi connectivity index (χ1n) is 9.42. The lowest BCUT2D eigenvalue weighted by atomic mass is 10.1. The Balaban J connectivity index is 2.24. The van der Waals surface area contributed by atoms with E-state index >= 15 is 0 Å². The van der Waals surface area contributed by atoms with E-state index in [0.29, 0.717) is 22.2 Å². The highest BCUT2D eigenvalue weighted by Gasteiger charge is 2.28. The van der Waals surface area contributed by atoms with Crippen LogP contribution in [0, 0.1) is 13.8 Å². The maximum absolute atomic E-state index is 13.0. The van der Waals surface area contributed by atoms with Gasteiger partial charge in [-0.25, -0.2) is 0 Å². The van der Waals surface area contributed by atoms with Crippen LogP contribution in [-0.2, 0) is 16.1 Å². The smallest absolute Gasteiger partial charge is 0.261 e. The fourth-order valence-electron chi connectivity index (χ4n) is 3.11. The summed E-state index contributed by atoms with van der Waals surface area (Å²) in [7, 11) is 1.55. The molecule has 1 atom stereocenters. The second-order valence-corrected chi connectivity index (χ2v) is 7.60. The first kappa shape index (κ1) is 23.0. The monoisotopic (exact) mass is 436 g/mol. The van der Waals surface area contributed by atoms with Crippen LogP contribution in [0.2, 0.25) is 10.0 Å². The van der Waals surface area contributed by atoms with Crippen molar-refractivity contribution in [1.82, 2.24) is 10.2 Å². The van der Waals surface area contributed by atoms with Crippen LogP contribution in [0.15, 0.2) is 36.4 Å². The Kier molecular flexibility index (Phi) is 8.35. The Labute approximate surface area is 181 Å². The number of halogens is 2. The number of hydrogen-bond donors (Lipinski definition) is 1. The molecule has 0 fully saturated rings. The zero-order chi connectivity index (χ0) is 21.6. The standard InChI is InChI=1S/C22H26Cl2N2O3/c1-5-19(22(28)25-4)26(12-16-8-6-7-9-18(16)23)20(27)13-29-17-10-14(2)21(24)15(3)11-17/h6-11,19H,5,12-13H2,1-4H3,(H,25,28)/t19-/m0/s1. The van der Waals surface area contributed by atoms with Gasteiger partial charge in [0.1, 0.15) is 11.8 Å². The summed E-state index contributed by atoms with van der Waals surface area (Å²) in [5.41, 5.74) is 2.51. The number of benzene rings is 2. The van der Waals surface area contributed by atoms with E-state index < -0.39 is 6.04 Å². The molecule has 7 heteroatoms. The van der Waals surface area contributed by atoms with Crippen LogP contribution in [0.1, 0.15) is 30.0 Å². The normalized spacial score (nSPS) is 11.7. The van der Waals surface area contributed by atoms with E-state index in [1.54, 1.807) is 25.2 Å². The predicted molar refractivity (Wildman–Crippen MR) is 117 cm³/mol. The number of hydrogen-bond acceptors (Lipinski definition) is 3. The molecule has 29 heavy (non-hydrogen) atoms. The minimum absolute atomic E-state index is 0.196. The summed E-state index contributed by atoms with van der Waals surface area (Å²) in [5, 5.41) is 3.84. The van der Waals surface area contributed by atoms with Gasteiger partial charge >= 0.3 is 0 Å². The summed E-state index contributed by atoms with van der Waals surface area (Å²) >= 11 is 12.5. The van der Waals surface area contributed by atoms with Crippen LogP contribution in [0.3, 0.4) is 0 Å². The van der Waals surface area contributed by atoms with Gasteiger partial charge in [0.15, 0.2) is 6.61 Å². The minimum atomic E-state index is -0.624. The maximum atomic E-state index is 13.0. The Hall–Kier alpha value is -2.24. The van der Waals surface area contributed by atoms with E-state index in [9.17, 15) is 9.59 Å². The van der Waals surface area contributed by atoms with Gasteiger partial charge in [0, 0.05) is 23.6 Å². The Morgan fingerprint density at radius 3 is 2.31 bits per heavy atom. The molecule has 2 amide bonds. The second kappa shape index (κ2) is 10.5. The lowest BCUT2D eigenvalue weighted by Crippen LogP contribution is -2.49. The van der Waals surface area contributed by atoms with Gasteiger partial charge in [-0.05, 0) is 55.2 Å². The van der Waals surface area contributed by atoms with Crippen LogP contribution in [0.25, 0.3) is 0 Å². The number of aryl methyl sites for hydroxylation is 2. The number of ether oxygens (including phenoxy) is 1. The molecule has 0 aromatic heterocycles. The number of nitrogens with zero attached hydrogens (tertiary/aromatic N) is 1. The van der Waals surface area contributed by atoms with Gasteiger partial charge in [-0.1, -0.05) is 48.3 Å². The van der Waals surface area contributed by atoms with Crippen molar-refractivity contribution < 1.29 is 14.3 Å². The molecule has 0 saturated heterocycles. The average Bonchev–Trinajstić information content (AvgIpc) is 2.70. The van der Waals surface area contributed by atoms with Crippen molar-refractivity contribution >= 4 is 35.0 Å². The third-order valence-electron chi connectivity index (χ3n) is 4.70. The number of likely N-dealkylation sites (N-methyl/N-ethyl adjacent to an activating group) is 1. The van der Waals surface area contributed by atoms with Crippen molar-refractivity contribution in [3.63, 3.8) is 0 Å². The number of nitrogens with one attached hydrogen (secondary N) is 1. The number of carbonyl (C=O) groups is 2. The van der Waals surface area contributed by atoms with Crippen LogP contribution in [0.4, 0.5) is 0 Å². The molecule has 2 aromatic rings. The van der Waals surface area contributed by atoms with Crippen molar-refractivity contribution in [1.29, 1.82) is 0 Å². The van der Waals surface area contributed by atoms with Gasteiger partial charge in [0.2, 0.25) is 5.91 Å². The second-order valence-electron chi connectivity index (χ2n) is 6.81. The molecule has 0 saturated carbocycles. The van der Waals surface area contributed by atoms with Gasteiger partial charge < -0.3 is 15.0 Å². The SMILES string of the molecule is CC[C@@H](C(=O)NC)N(Cc1ccccc1Cl)C(=O)COc1cc(C)c(Cl)c(C)c1. The molecule has 0 aliphatic rings. The van der Waals surface area contributed by atoms with Gasteiger partial charge in [-0.3, -0.25) is 9.59 Å². The highest BCUT2D eigenvalue weighted by Crippen LogP contribution is 2.26. The van der Waals surface area contributed by atoms with Crippen molar-refractivity contribution in [2.75, 3.05) is 13.7 Å². The highest BCUT2D eigenvalue weighted by atomic mass is 35.5. The molecule has 156 valence electrons. The molecule has 5 nitrogen and oxygen atoms in total. The van der Waals surface area contributed by atoms with Crippen LogP contribution < -0.4 is 10.1 Å². The maximum Gasteiger partial charge on any atom is 0.261 e. The van der Waals surface area contributed by atoms with Gasteiger partial charge in [0.05, 0.1) is 0 Å². The van der Waals surface area contributed by atoms with Gasteiger partial charge in [-0.15, -0.1) is 0 Å². The Bertz CT molecular complexity index is 863. The fourth-order valence-corrected chi connectivity index (χ4v) is 3.42. The van der Waals surface area contributed by atoms with E-state index in [1.807, 2.05) is 39.0 Å². The quantitative estimate of drug-likeness (QED) is 0.660. The van der Waals surface area contributed by atoms with Gasteiger partial charge in [-0.2, -0.15) is 0 Å². The van der Waals surface area contributed by atoms with Crippen molar-refractivity contribution in [2.24, 2.45) is 0 Å². The zero-order valence-electron chi connectivity index (χ0n) is 17.1. The molecular weight excluding hydrogens is 411 g/mol. The van der Waals surface area contributed by atoms with Crippen molar-refractivity contribution in [3.8, 4) is 5.75 Å². The summed E-state index contributed by atoms with van der Waals surface area (Å²) in [4.78, 5) is 26.9.